The fourth-order valence-corrected chi connectivity index (χ4v) is 2.68. The maximum absolute atomic E-state index is 12.0. The van der Waals surface area contributed by atoms with Crippen molar-refractivity contribution in [3.05, 3.63) is 0 Å². The van der Waals surface area contributed by atoms with Gasteiger partial charge in [0.25, 0.3) is 0 Å². The first-order chi connectivity index (χ1) is 7.20. The Morgan fingerprint density at radius 3 is 2.73 bits per heavy atom. The molecule has 2 rings (SSSR count). The van der Waals surface area contributed by atoms with Gasteiger partial charge in [0, 0.05) is 37.6 Å². The summed E-state index contributed by atoms with van der Waals surface area (Å²) in [5.41, 5.74) is 5.80. The maximum atomic E-state index is 12.0. The molecule has 1 saturated carbocycles. The van der Waals surface area contributed by atoms with Crippen molar-refractivity contribution in [1.82, 2.24) is 4.90 Å². The molecule has 1 amide bonds. The van der Waals surface area contributed by atoms with Crippen LogP contribution in [0.1, 0.15) is 25.7 Å². The Balaban J connectivity index is 1.86. The number of hydrogen-bond donors (Lipinski definition) is 2. The molecule has 15 heavy (non-hydrogen) atoms. The van der Waals surface area contributed by atoms with E-state index in [1.165, 1.54) is 0 Å². The molecule has 0 aromatic rings. The Hall–Kier alpha value is -0.610. The van der Waals surface area contributed by atoms with E-state index in [9.17, 15) is 4.79 Å². The van der Waals surface area contributed by atoms with Crippen molar-refractivity contribution in [1.29, 1.82) is 0 Å². The lowest BCUT2D eigenvalue weighted by Gasteiger charge is -2.20. The molecule has 0 spiro atoms. The maximum Gasteiger partial charge on any atom is 0.225 e. The van der Waals surface area contributed by atoms with Gasteiger partial charge in [-0.05, 0) is 25.7 Å². The number of nitrogens with zero attached hydrogens (tertiary/aromatic N) is 1. The molecule has 86 valence electrons. The molecular weight excluding hydrogens is 192 g/mol. The molecular formula is C11H20N2O2. The van der Waals surface area contributed by atoms with Gasteiger partial charge in [-0.3, -0.25) is 4.79 Å². The highest BCUT2D eigenvalue weighted by Gasteiger charge is 2.34. The summed E-state index contributed by atoms with van der Waals surface area (Å²) in [6, 6.07) is 0.218. The van der Waals surface area contributed by atoms with E-state index < -0.39 is 0 Å². The van der Waals surface area contributed by atoms with Crippen LogP contribution in [0.3, 0.4) is 0 Å². The number of rotatable bonds is 2. The van der Waals surface area contributed by atoms with E-state index in [1.807, 2.05) is 4.90 Å². The highest BCUT2D eigenvalue weighted by molar-refractivity contribution is 5.79. The summed E-state index contributed by atoms with van der Waals surface area (Å²) in [4.78, 5) is 13.9. The quantitative estimate of drug-likeness (QED) is 0.674. The zero-order valence-corrected chi connectivity index (χ0v) is 9.06. The van der Waals surface area contributed by atoms with E-state index in [2.05, 4.69) is 0 Å². The third-order valence-electron chi connectivity index (χ3n) is 3.68. The zero-order chi connectivity index (χ0) is 10.8. The van der Waals surface area contributed by atoms with Gasteiger partial charge in [-0.2, -0.15) is 0 Å². The summed E-state index contributed by atoms with van der Waals surface area (Å²) in [5.74, 6) is 0.709. The van der Waals surface area contributed by atoms with Gasteiger partial charge >= 0.3 is 0 Å². The smallest absolute Gasteiger partial charge is 0.225 e. The van der Waals surface area contributed by atoms with E-state index >= 15 is 0 Å². The van der Waals surface area contributed by atoms with E-state index in [0.717, 1.165) is 38.8 Å². The SMILES string of the molecule is NC1CCC(C(=O)N2CCC(CO)C2)C1. The van der Waals surface area contributed by atoms with Crippen LogP contribution in [0.25, 0.3) is 0 Å². The normalized spacial score (nSPS) is 36.1. The molecule has 0 bridgehead atoms. The second kappa shape index (κ2) is 4.49. The first kappa shape index (κ1) is 10.9. The summed E-state index contributed by atoms with van der Waals surface area (Å²) in [5, 5.41) is 9.02. The molecule has 1 aliphatic heterocycles. The van der Waals surface area contributed by atoms with Crippen LogP contribution in [-0.2, 0) is 4.79 Å². The number of hydrogen-bond acceptors (Lipinski definition) is 3. The van der Waals surface area contributed by atoms with E-state index in [1.54, 1.807) is 0 Å². The number of aliphatic hydroxyl groups is 1. The third-order valence-corrected chi connectivity index (χ3v) is 3.68. The number of nitrogens with two attached hydrogens (primary N) is 1. The van der Waals surface area contributed by atoms with Gasteiger partial charge in [0.05, 0.1) is 0 Å². The first-order valence-electron chi connectivity index (χ1n) is 5.86. The molecule has 2 aliphatic rings. The van der Waals surface area contributed by atoms with Crippen molar-refractivity contribution in [2.45, 2.75) is 31.7 Å². The molecule has 1 saturated heterocycles. The van der Waals surface area contributed by atoms with E-state index in [4.69, 9.17) is 10.8 Å². The van der Waals surface area contributed by atoms with Crippen molar-refractivity contribution in [3.8, 4) is 0 Å². The molecule has 1 heterocycles. The van der Waals surface area contributed by atoms with E-state index in [0.29, 0.717) is 5.92 Å². The van der Waals surface area contributed by atoms with Gasteiger partial charge in [-0.25, -0.2) is 0 Å². The average molecular weight is 212 g/mol. The lowest BCUT2D eigenvalue weighted by molar-refractivity contribution is -0.134. The van der Waals surface area contributed by atoms with Crippen molar-refractivity contribution in [2.75, 3.05) is 19.7 Å². The minimum Gasteiger partial charge on any atom is -0.396 e. The largest absolute Gasteiger partial charge is 0.396 e. The fraction of sp³-hybridized carbons (Fsp3) is 0.909. The third kappa shape index (κ3) is 2.32. The molecule has 1 aliphatic carbocycles. The Kier molecular flexibility index (Phi) is 3.26. The predicted molar refractivity (Wildman–Crippen MR) is 57.1 cm³/mol. The van der Waals surface area contributed by atoms with Gasteiger partial charge in [0.2, 0.25) is 5.91 Å². The van der Waals surface area contributed by atoms with Crippen LogP contribution in [0.15, 0.2) is 0 Å². The molecule has 0 aromatic carbocycles. The fourth-order valence-electron chi connectivity index (χ4n) is 2.68. The Bertz CT molecular complexity index is 245. The van der Waals surface area contributed by atoms with Crippen molar-refractivity contribution in [2.24, 2.45) is 17.6 Å². The van der Waals surface area contributed by atoms with Crippen LogP contribution in [0.4, 0.5) is 0 Å². The van der Waals surface area contributed by atoms with Crippen LogP contribution in [0, 0.1) is 11.8 Å². The monoisotopic (exact) mass is 212 g/mol. The van der Waals surface area contributed by atoms with Crippen LogP contribution in [0.2, 0.25) is 0 Å². The summed E-state index contributed by atoms with van der Waals surface area (Å²) in [6.07, 6.45) is 3.72. The zero-order valence-electron chi connectivity index (χ0n) is 9.06. The van der Waals surface area contributed by atoms with Crippen LogP contribution >= 0.6 is 0 Å². The summed E-state index contributed by atoms with van der Waals surface area (Å²) in [6.45, 7) is 1.75. The predicted octanol–water partition coefficient (Wildman–Crippen LogP) is -0.0454. The summed E-state index contributed by atoms with van der Waals surface area (Å²) < 4.78 is 0. The second-order valence-electron chi connectivity index (χ2n) is 4.89. The molecule has 3 N–H and O–H groups in total. The van der Waals surface area contributed by atoms with Crippen LogP contribution in [0.5, 0.6) is 0 Å². The Morgan fingerprint density at radius 2 is 2.20 bits per heavy atom. The minimum absolute atomic E-state index is 0.150. The molecule has 0 radical (unpaired) electrons. The van der Waals surface area contributed by atoms with Gasteiger partial charge < -0.3 is 15.7 Å². The average Bonchev–Trinajstić information content (AvgIpc) is 2.84. The van der Waals surface area contributed by atoms with Crippen molar-refractivity contribution in [3.63, 3.8) is 0 Å². The highest BCUT2D eigenvalue weighted by Crippen LogP contribution is 2.28. The Labute approximate surface area is 90.4 Å². The van der Waals surface area contributed by atoms with Crippen LogP contribution in [-0.4, -0.2) is 41.7 Å². The van der Waals surface area contributed by atoms with Gasteiger partial charge in [-0.1, -0.05) is 0 Å². The number of likely N-dealkylation sites (tertiary alicyclic amines) is 1. The van der Waals surface area contributed by atoms with Gasteiger partial charge in [-0.15, -0.1) is 0 Å². The standard InChI is InChI=1S/C11H20N2O2/c12-10-2-1-9(5-10)11(15)13-4-3-8(6-13)7-14/h8-10,14H,1-7,12H2. The summed E-state index contributed by atoms with van der Waals surface area (Å²) in [7, 11) is 0. The molecule has 2 fully saturated rings. The first-order valence-corrected chi connectivity index (χ1v) is 5.86. The van der Waals surface area contributed by atoms with Crippen molar-refractivity contribution >= 4 is 5.91 Å². The van der Waals surface area contributed by atoms with E-state index in [-0.39, 0.29) is 24.5 Å². The number of amides is 1. The Morgan fingerprint density at radius 1 is 1.40 bits per heavy atom. The lowest BCUT2D eigenvalue weighted by atomic mass is 10.1. The second-order valence-corrected chi connectivity index (χ2v) is 4.89. The topological polar surface area (TPSA) is 66.6 Å². The molecule has 4 heteroatoms. The molecule has 3 atom stereocenters. The van der Waals surface area contributed by atoms with Gasteiger partial charge in [0.15, 0.2) is 0 Å². The van der Waals surface area contributed by atoms with Crippen LogP contribution < -0.4 is 5.73 Å². The number of carbonyl (C=O) groups excluding carboxylic acids is 1. The number of carbonyl (C=O) groups is 1. The lowest BCUT2D eigenvalue weighted by Crippen LogP contribution is -2.34. The molecule has 3 unspecified atom stereocenters. The minimum atomic E-state index is 0.150. The molecule has 4 nitrogen and oxygen atoms in total. The highest BCUT2D eigenvalue weighted by atomic mass is 16.3. The van der Waals surface area contributed by atoms with Crippen molar-refractivity contribution < 1.29 is 9.90 Å². The number of aliphatic hydroxyl groups excluding tert-OH is 1. The van der Waals surface area contributed by atoms with Gasteiger partial charge in [0.1, 0.15) is 0 Å². The summed E-state index contributed by atoms with van der Waals surface area (Å²) >= 11 is 0. The molecule has 0 aromatic heterocycles.